The number of ether oxygens (including phenoxy) is 1. The first-order chi connectivity index (χ1) is 17.3. The lowest BCUT2D eigenvalue weighted by atomic mass is 10.1. The molecule has 2 aliphatic rings. The summed E-state index contributed by atoms with van der Waals surface area (Å²) in [5.41, 5.74) is 3.11. The van der Waals surface area contributed by atoms with E-state index in [2.05, 4.69) is 32.4 Å². The average Bonchev–Trinajstić information content (AvgIpc) is 3.31. The minimum Gasteiger partial charge on any atom is -0.497 e. The third-order valence-corrected chi connectivity index (χ3v) is 8.65. The number of methoxy groups -OCH3 is 1. The number of carbonyl (C=O) groups is 1. The predicted molar refractivity (Wildman–Crippen MR) is 137 cm³/mol. The van der Waals surface area contributed by atoms with E-state index in [-0.39, 0.29) is 17.3 Å². The van der Waals surface area contributed by atoms with E-state index in [1.807, 2.05) is 24.3 Å². The van der Waals surface area contributed by atoms with Gasteiger partial charge in [0.25, 0.3) is 5.91 Å². The second kappa shape index (κ2) is 9.92. The largest absolute Gasteiger partial charge is 0.497 e. The van der Waals surface area contributed by atoms with E-state index < -0.39 is 10.0 Å². The van der Waals surface area contributed by atoms with Gasteiger partial charge in [-0.3, -0.25) is 9.89 Å². The Labute approximate surface area is 210 Å². The van der Waals surface area contributed by atoms with Crippen LogP contribution < -0.4 is 15.0 Å². The van der Waals surface area contributed by atoms with Crippen molar-refractivity contribution in [2.45, 2.75) is 17.9 Å². The minimum absolute atomic E-state index is 0.114. The fourth-order valence-electron chi connectivity index (χ4n) is 4.56. The number of H-pyrrole nitrogens is 1. The molecule has 0 atom stereocenters. The average molecular weight is 511 g/mol. The summed E-state index contributed by atoms with van der Waals surface area (Å²) in [4.78, 5) is 17.7. The van der Waals surface area contributed by atoms with Crippen LogP contribution in [0.1, 0.15) is 21.6 Å². The maximum atomic E-state index is 13.3. The fraction of sp³-hybridized carbons (Fsp3) is 0.360. The van der Waals surface area contributed by atoms with Gasteiger partial charge < -0.3 is 19.9 Å². The van der Waals surface area contributed by atoms with Gasteiger partial charge >= 0.3 is 0 Å². The maximum absolute atomic E-state index is 13.3. The first-order valence-electron chi connectivity index (χ1n) is 11.9. The van der Waals surface area contributed by atoms with Crippen LogP contribution in [0.15, 0.2) is 53.4 Å². The number of benzene rings is 2. The van der Waals surface area contributed by atoms with Crippen LogP contribution in [0, 0.1) is 0 Å². The Morgan fingerprint density at radius 2 is 1.81 bits per heavy atom. The van der Waals surface area contributed by atoms with Gasteiger partial charge in [0.05, 0.1) is 12.0 Å². The molecule has 11 heteroatoms. The number of likely N-dealkylation sites (N-methyl/N-ethyl adjacent to an activating group) is 1. The van der Waals surface area contributed by atoms with Gasteiger partial charge in [0.1, 0.15) is 5.75 Å². The highest BCUT2D eigenvalue weighted by atomic mass is 32.2. The molecule has 1 amide bonds. The van der Waals surface area contributed by atoms with Gasteiger partial charge in [-0.05, 0) is 43.4 Å². The van der Waals surface area contributed by atoms with Crippen LogP contribution in [0.4, 0.5) is 11.5 Å². The Balaban J connectivity index is 1.29. The maximum Gasteiger partial charge on any atom is 0.256 e. The van der Waals surface area contributed by atoms with Gasteiger partial charge in [-0.15, -0.1) is 0 Å². The third-order valence-electron chi connectivity index (χ3n) is 6.81. The summed E-state index contributed by atoms with van der Waals surface area (Å²) in [7, 11) is -0.124. The van der Waals surface area contributed by atoms with Crippen molar-refractivity contribution in [3.63, 3.8) is 0 Å². The van der Waals surface area contributed by atoms with Crippen molar-refractivity contribution in [2.24, 2.45) is 0 Å². The summed E-state index contributed by atoms with van der Waals surface area (Å²) >= 11 is 0. The lowest BCUT2D eigenvalue weighted by Crippen LogP contribution is -2.44. The lowest BCUT2D eigenvalue weighted by molar-refractivity contribution is 0.102. The molecule has 0 spiro atoms. The Morgan fingerprint density at radius 3 is 2.53 bits per heavy atom. The van der Waals surface area contributed by atoms with Crippen molar-refractivity contribution in [3.8, 4) is 5.75 Å². The van der Waals surface area contributed by atoms with Crippen molar-refractivity contribution in [2.75, 3.05) is 57.1 Å². The van der Waals surface area contributed by atoms with E-state index in [1.165, 1.54) is 17.5 Å². The molecule has 0 bridgehead atoms. The molecule has 2 aliphatic heterocycles. The van der Waals surface area contributed by atoms with Crippen molar-refractivity contribution in [1.29, 1.82) is 0 Å². The zero-order chi connectivity index (χ0) is 25.3. The highest BCUT2D eigenvalue weighted by Gasteiger charge is 2.32. The number of carbonyl (C=O) groups excluding carboxylic acids is 1. The van der Waals surface area contributed by atoms with Crippen molar-refractivity contribution in [1.82, 2.24) is 19.4 Å². The molecule has 36 heavy (non-hydrogen) atoms. The summed E-state index contributed by atoms with van der Waals surface area (Å²) in [5, 5.41) is 10.1. The van der Waals surface area contributed by atoms with E-state index in [1.54, 1.807) is 18.2 Å². The van der Waals surface area contributed by atoms with Gasteiger partial charge in [-0.2, -0.15) is 9.40 Å². The quantitative estimate of drug-likeness (QED) is 0.523. The fourth-order valence-corrected chi connectivity index (χ4v) is 6.00. The molecule has 0 radical (unpaired) electrons. The summed E-state index contributed by atoms with van der Waals surface area (Å²) < 4.78 is 33.1. The van der Waals surface area contributed by atoms with Gasteiger partial charge in [-0.1, -0.05) is 6.07 Å². The van der Waals surface area contributed by atoms with Crippen LogP contribution in [0.2, 0.25) is 0 Å². The molecule has 190 valence electrons. The van der Waals surface area contributed by atoms with Crippen molar-refractivity contribution in [3.05, 3.63) is 65.4 Å². The highest BCUT2D eigenvalue weighted by Crippen LogP contribution is 2.29. The number of fused-ring (bicyclic) bond motifs is 1. The van der Waals surface area contributed by atoms with Crippen LogP contribution in [0.5, 0.6) is 5.75 Å². The Hall–Kier alpha value is -3.41. The van der Waals surface area contributed by atoms with Crippen molar-refractivity contribution < 1.29 is 17.9 Å². The molecule has 10 nitrogen and oxygen atoms in total. The smallest absolute Gasteiger partial charge is 0.256 e. The van der Waals surface area contributed by atoms with Crippen LogP contribution in [-0.4, -0.2) is 80.6 Å². The molecule has 1 saturated heterocycles. The zero-order valence-corrected chi connectivity index (χ0v) is 21.2. The summed E-state index contributed by atoms with van der Waals surface area (Å²) in [6, 6.07) is 14.0. The number of aromatic nitrogens is 2. The molecule has 2 N–H and O–H groups in total. The monoisotopic (exact) mass is 510 g/mol. The van der Waals surface area contributed by atoms with E-state index in [0.717, 1.165) is 37.6 Å². The van der Waals surface area contributed by atoms with E-state index in [4.69, 9.17) is 4.74 Å². The normalized spacial score (nSPS) is 17.0. The van der Waals surface area contributed by atoms with Crippen LogP contribution in [-0.2, 0) is 23.0 Å². The second-order valence-electron chi connectivity index (χ2n) is 9.09. The molecule has 5 rings (SSSR count). The number of sulfonamides is 1. The van der Waals surface area contributed by atoms with Crippen LogP contribution in [0.25, 0.3) is 0 Å². The number of hydrogen-bond acceptors (Lipinski definition) is 7. The number of amides is 1. The molecule has 1 aromatic heterocycles. The van der Waals surface area contributed by atoms with E-state index in [0.29, 0.717) is 35.7 Å². The van der Waals surface area contributed by atoms with Gasteiger partial charge in [0.2, 0.25) is 10.0 Å². The molecular formula is C25H30N6O4S. The predicted octanol–water partition coefficient (Wildman–Crippen LogP) is 2.17. The van der Waals surface area contributed by atoms with Crippen LogP contribution in [0.3, 0.4) is 0 Å². The Kier molecular flexibility index (Phi) is 6.69. The van der Waals surface area contributed by atoms with E-state index >= 15 is 0 Å². The lowest BCUT2D eigenvalue weighted by Gasteiger charge is -2.34. The number of nitrogens with one attached hydrogen (secondary N) is 2. The SMILES string of the molecule is COc1cccc(S(=O)(=O)N2CCc3[nH]nc(NC(=O)c4ccc(N5CCN(C)CC5)cc4)c3C2)c1. The zero-order valence-electron chi connectivity index (χ0n) is 20.4. The first kappa shape index (κ1) is 24.3. The standard InChI is InChI=1S/C25H30N6O4S/c1-29-12-14-30(15-13-29)19-8-6-18(7-9-19)25(32)26-24-22-17-31(11-10-23(22)27-28-24)36(33,34)21-5-3-4-20(16-21)35-2/h3-9,16H,10-15,17H2,1-2H3,(H2,26,27,28,32). The van der Waals surface area contributed by atoms with Gasteiger partial charge in [0, 0.05) is 74.3 Å². The number of hydrogen-bond donors (Lipinski definition) is 2. The summed E-state index contributed by atoms with van der Waals surface area (Å²) in [6.07, 6.45) is 0.473. The molecule has 1 fully saturated rings. The number of aromatic amines is 1. The molecular weight excluding hydrogens is 480 g/mol. The number of anilines is 2. The van der Waals surface area contributed by atoms with E-state index in [9.17, 15) is 13.2 Å². The van der Waals surface area contributed by atoms with Gasteiger partial charge in [-0.25, -0.2) is 8.42 Å². The summed E-state index contributed by atoms with van der Waals surface area (Å²) in [6.45, 7) is 4.36. The molecule has 3 aromatic rings. The van der Waals surface area contributed by atoms with Gasteiger partial charge in [0.15, 0.2) is 5.82 Å². The van der Waals surface area contributed by atoms with Crippen molar-refractivity contribution >= 4 is 27.4 Å². The molecule has 0 unspecified atom stereocenters. The first-order valence-corrected chi connectivity index (χ1v) is 13.3. The van der Waals surface area contributed by atoms with Crippen LogP contribution >= 0.6 is 0 Å². The number of piperazine rings is 1. The number of nitrogens with zero attached hydrogens (tertiary/aromatic N) is 4. The number of rotatable bonds is 6. The topological polar surface area (TPSA) is 111 Å². The third kappa shape index (κ3) is 4.81. The molecule has 3 heterocycles. The Bertz CT molecular complexity index is 1350. The molecule has 0 saturated carbocycles. The molecule has 0 aliphatic carbocycles. The summed E-state index contributed by atoms with van der Waals surface area (Å²) in [5.74, 6) is 0.536. The Morgan fingerprint density at radius 1 is 1.06 bits per heavy atom. The second-order valence-corrected chi connectivity index (χ2v) is 11.0. The molecule has 2 aromatic carbocycles. The minimum atomic E-state index is -3.74. The highest BCUT2D eigenvalue weighted by molar-refractivity contribution is 7.89.